The number of rotatable bonds is 4. The average Bonchev–Trinajstić information content (AvgIpc) is 2.78. The molecule has 2 heterocycles. The molecule has 5 heteroatoms. The Morgan fingerprint density at radius 3 is 3.10 bits per heavy atom. The third-order valence-electron chi connectivity index (χ3n) is 3.58. The van der Waals surface area contributed by atoms with Crippen LogP contribution >= 0.6 is 15.9 Å². The molecule has 20 heavy (non-hydrogen) atoms. The average molecular weight is 336 g/mol. The summed E-state index contributed by atoms with van der Waals surface area (Å²) in [5.74, 6) is 2.06. The third-order valence-corrected chi connectivity index (χ3v) is 4.22. The van der Waals surface area contributed by atoms with E-state index >= 15 is 0 Å². The Balaban J connectivity index is 1.66. The number of benzene rings is 1. The zero-order chi connectivity index (χ0) is 13.9. The van der Waals surface area contributed by atoms with Crippen molar-refractivity contribution in [1.82, 2.24) is 14.9 Å². The quantitative estimate of drug-likeness (QED) is 0.933. The van der Waals surface area contributed by atoms with Gasteiger partial charge in [0.05, 0.1) is 12.3 Å². The van der Waals surface area contributed by atoms with Crippen molar-refractivity contribution in [3.05, 3.63) is 46.0 Å². The van der Waals surface area contributed by atoms with Gasteiger partial charge in [0, 0.05) is 26.1 Å². The topological polar surface area (TPSA) is 39.1 Å². The lowest BCUT2D eigenvalue weighted by Gasteiger charge is -2.18. The molecule has 1 aliphatic rings. The first-order valence-corrected chi connectivity index (χ1v) is 7.68. The van der Waals surface area contributed by atoms with Crippen LogP contribution in [0.15, 0.2) is 28.9 Å². The molecule has 0 radical (unpaired) electrons. The molecule has 0 spiro atoms. The zero-order valence-corrected chi connectivity index (χ0v) is 13.1. The predicted molar refractivity (Wildman–Crippen MR) is 82.0 cm³/mol. The van der Waals surface area contributed by atoms with Crippen molar-refractivity contribution >= 4 is 15.9 Å². The van der Waals surface area contributed by atoms with E-state index < -0.39 is 0 Å². The number of aryl methyl sites for hydroxylation is 1. The minimum absolute atomic E-state index is 0.654. The summed E-state index contributed by atoms with van der Waals surface area (Å²) < 4.78 is 9.10. The van der Waals surface area contributed by atoms with Crippen LogP contribution in [0, 0.1) is 6.92 Å². The Hall–Kier alpha value is -1.33. The molecule has 0 saturated heterocycles. The Morgan fingerprint density at radius 1 is 1.40 bits per heavy atom. The van der Waals surface area contributed by atoms with Crippen molar-refractivity contribution in [2.24, 2.45) is 0 Å². The van der Waals surface area contributed by atoms with Crippen molar-refractivity contribution in [3.8, 4) is 5.75 Å². The van der Waals surface area contributed by atoms with E-state index in [1.54, 1.807) is 0 Å². The lowest BCUT2D eigenvalue weighted by atomic mass is 10.2. The number of nitrogens with one attached hydrogen (secondary N) is 1. The van der Waals surface area contributed by atoms with Crippen LogP contribution in [0.1, 0.15) is 17.1 Å². The van der Waals surface area contributed by atoms with Crippen LogP contribution in [0.3, 0.4) is 0 Å². The summed E-state index contributed by atoms with van der Waals surface area (Å²) in [6.07, 6.45) is 0.826. The van der Waals surface area contributed by atoms with Gasteiger partial charge >= 0.3 is 0 Å². The van der Waals surface area contributed by atoms with E-state index in [9.17, 15) is 0 Å². The summed E-state index contributed by atoms with van der Waals surface area (Å²) in [4.78, 5) is 4.61. The van der Waals surface area contributed by atoms with E-state index in [0.717, 1.165) is 42.2 Å². The molecule has 0 bridgehead atoms. The van der Waals surface area contributed by atoms with Crippen molar-refractivity contribution in [2.75, 3.05) is 13.2 Å². The van der Waals surface area contributed by atoms with Gasteiger partial charge in [0.25, 0.3) is 0 Å². The first kappa shape index (κ1) is 13.6. The van der Waals surface area contributed by atoms with Crippen LogP contribution in [0.5, 0.6) is 5.75 Å². The summed E-state index contributed by atoms with van der Waals surface area (Å²) in [5.41, 5.74) is 2.41. The van der Waals surface area contributed by atoms with Crippen LogP contribution < -0.4 is 10.1 Å². The predicted octanol–water partition coefficient (Wildman–Crippen LogP) is 2.68. The largest absolute Gasteiger partial charge is 0.493 e. The smallest absolute Gasteiger partial charge is 0.128 e. The number of hydrogen-bond acceptors (Lipinski definition) is 3. The number of fused-ring (bicyclic) bond motifs is 1. The van der Waals surface area contributed by atoms with Crippen LogP contribution in [0.4, 0.5) is 0 Å². The molecule has 2 aromatic rings. The zero-order valence-electron chi connectivity index (χ0n) is 11.5. The highest BCUT2D eigenvalue weighted by molar-refractivity contribution is 9.10. The van der Waals surface area contributed by atoms with Crippen molar-refractivity contribution in [2.45, 2.75) is 26.4 Å². The van der Waals surface area contributed by atoms with Crippen LogP contribution in [0.25, 0.3) is 0 Å². The number of aromatic nitrogens is 2. The molecule has 1 N–H and O–H groups in total. The maximum Gasteiger partial charge on any atom is 0.128 e. The summed E-state index contributed by atoms with van der Waals surface area (Å²) in [6, 6.07) is 8.10. The van der Waals surface area contributed by atoms with E-state index in [2.05, 4.69) is 43.8 Å². The molecule has 0 saturated carbocycles. The number of nitrogens with zero attached hydrogens (tertiary/aromatic N) is 2. The normalized spacial score (nSPS) is 14.1. The van der Waals surface area contributed by atoms with Gasteiger partial charge in [0.1, 0.15) is 16.2 Å². The Morgan fingerprint density at radius 2 is 2.25 bits per heavy atom. The maximum atomic E-state index is 5.86. The lowest BCUT2D eigenvalue weighted by Crippen LogP contribution is -2.29. The number of imidazole rings is 1. The molecule has 3 rings (SSSR count). The Bertz CT molecular complexity index is 609. The second-order valence-corrected chi connectivity index (χ2v) is 5.71. The molecule has 1 aliphatic heterocycles. The first-order valence-electron chi connectivity index (χ1n) is 6.88. The molecule has 1 aromatic carbocycles. The highest BCUT2D eigenvalue weighted by atomic mass is 79.9. The van der Waals surface area contributed by atoms with Crippen LogP contribution in [0.2, 0.25) is 0 Å². The monoisotopic (exact) mass is 335 g/mol. The Labute approximate surface area is 127 Å². The second-order valence-electron chi connectivity index (χ2n) is 4.96. The summed E-state index contributed by atoms with van der Waals surface area (Å²) in [5, 5.41) is 3.36. The molecule has 0 unspecified atom stereocenters. The van der Waals surface area contributed by atoms with Gasteiger partial charge in [-0.3, -0.25) is 0 Å². The number of para-hydroxylation sites is 1. The molecule has 1 aromatic heterocycles. The highest BCUT2D eigenvalue weighted by Crippen LogP contribution is 2.21. The van der Waals surface area contributed by atoms with Crippen LogP contribution in [-0.4, -0.2) is 22.7 Å². The first-order chi connectivity index (χ1) is 9.75. The SMILES string of the molecule is Cc1ccccc1OCCc1nc(Br)c2n1CCNC2. The van der Waals surface area contributed by atoms with Gasteiger partial charge in [0.2, 0.25) is 0 Å². The molecule has 106 valence electrons. The minimum Gasteiger partial charge on any atom is -0.493 e. The molecule has 4 nitrogen and oxygen atoms in total. The van der Waals surface area contributed by atoms with Gasteiger partial charge in [-0.15, -0.1) is 0 Å². The fourth-order valence-electron chi connectivity index (χ4n) is 2.50. The van der Waals surface area contributed by atoms with Gasteiger partial charge in [-0.2, -0.15) is 0 Å². The van der Waals surface area contributed by atoms with Crippen molar-refractivity contribution in [3.63, 3.8) is 0 Å². The summed E-state index contributed by atoms with van der Waals surface area (Å²) >= 11 is 3.54. The summed E-state index contributed by atoms with van der Waals surface area (Å²) in [7, 11) is 0. The van der Waals surface area contributed by atoms with Gasteiger partial charge < -0.3 is 14.6 Å². The third kappa shape index (κ3) is 2.74. The molecular formula is C15H18BrN3O. The second kappa shape index (κ2) is 5.97. The van der Waals surface area contributed by atoms with Gasteiger partial charge in [-0.25, -0.2) is 4.98 Å². The number of ether oxygens (including phenoxy) is 1. The van der Waals surface area contributed by atoms with Gasteiger partial charge in [-0.1, -0.05) is 18.2 Å². The van der Waals surface area contributed by atoms with E-state index in [0.29, 0.717) is 6.61 Å². The fourth-order valence-corrected chi connectivity index (χ4v) is 3.06. The highest BCUT2D eigenvalue weighted by Gasteiger charge is 2.17. The molecule has 0 amide bonds. The van der Waals surface area contributed by atoms with E-state index in [4.69, 9.17) is 4.74 Å². The molecule has 0 atom stereocenters. The standard InChI is InChI=1S/C15H18BrN3O/c1-11-4-2-3-5-13(11)20-9-6-14-18-15(16)12-10-17-7-8-19(12)14/h2-5,17H,6-10H2,1H3. The van der Waals surface area contributed by atoms with E-state index in [1.807, 2.05) is 18.2 Å². The van der Waals surface area contributed by atoms with E-state index in [1.165, 1.54) is 11.3 Å². The van der Waals surface area contributed by atoms with Gasteiger partial charge in [0.15, 0.2) is 0 Å². The fraction of sp³-hybridized carbons (Fsp3) is 0.400. The number of halogens is 1. The molecule has 0 fully saturated rings. The molecular weight excluding hydrogens is 318 g/mol. The molecule has 0 aliphatic carbocycles. The number of hydrogen-bond donors (Lipinski definition) is 1. The van der Waals surface area contributed by atoms with Gasteiger partial charge in [-0.05, 0) is 34.5 Å². The van der Waals surface area contributed by atoms with E-state index in [-0.39, 0.29) is 0 Å². The summed E-state index contributed by atoms with van der Waals surface area (Å²) in [6.45, 7) is 5.58. The van der Waals surface area contributed by atoms with Crippen molar-refractivity contribution < 1.29 is 4.74 Å². The lowest BCUT2D eigenvalue weighted by molar-refractivity contribution is 0.313. The van der Waals surface area contributed by atoms with Crippen molar-refractivity contribution in [1.29, 1.82) is 0 Å². The maximum absolute atomic E-state index is 5.86. The minimum atomic E-state index is 0.654. The van der Waals surface area contributed by atoms with Crippen LogP contribution in [-0.2, 0) is 19.5 Å². The Kier molecular flexibility index (Phi) is 4.08.